The molecule has 0 aliphatic rings. The fourth-order valence-electron chi connectivity index (χ4n) is 2.10. The number of nitrogens with one attached hydrogen (secondary N) is 1. The fourth-order valence-corrected chi connectivity index (χ4v) is 3.87. The van der Waals surface area contributed by atoms with Gasteiger partial charge in [0.2, 0.25) is 0 Å². The van der Waals surface area contributed by atoms with Crippen molar-refractivity contribution in [2.24, 2.45) is 5.10 Å². The molecule has 0 aliphatic carbocycles. The van der Waals surface area contributed by atoms with Gasteiger partial charge in [-0.2, -0.15) is 18.4 Å². The van der Waals surface area contributed by atoms with Crippen molar-refractivity contribution >= 4 is 27.6 Å². The van der Waals surface area contributed by atoms with Crippen LogP contribution >= 0.6 is 11.3 Å². The van der Waals surface area contributed by atoms with Gasteiger partial charge in [0, 0.05) is 5.56 Å². The Balaban J connectivity index is 1.68. The van der Waals surface area contributed by atoms with Crippen molar-refractivity contribution in [2.45, 2.75) is 10.8 Å². The quantitative estimate of drug-likeness (QED) is 0.509. The van der Waals surface area contributed by atoms with Crippen LogP contribution in [0.5, 0.6) is 5.75 Å². The number of benzene rings is 2. The van der Waals surface area contributed by atoms with E-state index in [1.54, 1.807) is 11.4 Å². The molecule has 0 saturated heterocycles. The largest absolute Gasteiger partial charge is 0.489 e. The van der Waals surface area contributed by atoms with E-state index >= 15 is 0 Å². The summed E-state index contributed by atoms with van der Waals surface area (Å²) in [4.78, 5) is 2.22. The zero-order chi connectivity index (χ0) is 17.5. The van der Waals surface area contributed by atoms with Crippen LogP contribution in [-0.2, 0) is 16.6 Å². The number of hydrogen-bond donors (Lipinski definition) is 1. The van der Waals surface area contributed by atoms with E-state index in [9.17, 15) is 8.42 Å². The van der Waals surface area contributed by atoms with Crippen molar-refractivity contribution in [2.75, 3.05) is 0 Å². The molecule has 128 valence electrons. The van der Waals surface area contributed by atoms with Gasteiger partial charge >= 0.3 is 0 Å². The summed E-state index contributed by atoms with van der Waals surface area (Å²) in [6, 6.07) is 20.2. The van der Waals surface area contributed by atoms with E-state index in [0.29, 0.717) is 6.61 Å². The summed E-state index contributed by atoms with van der Waals surface area (Å²) in [6.45, 7) is 0.365. The molecule has 25 heavy (non-hydrogen) atoms. The van der Waals surface area contributed by atoms with Crippen LogP contribution in [0.4, 0.5) is 0 Å². The van der Waals surface area contributed by atoms with E-state index in [-0.39, 0.29) is 4.21 Å². The van der Waals surface area contributed by atoms with Crippen LogP contribution in [0.2, 0.25) is 0 Å². The maximum atomic E-state index is 12.0. The van der Waals surface area contributed by atoms with Gasteiger partial charge in [0.1, 0.15) is 16.6 Å². The molecule has 0 unspecified atom stereocenters. The van der Waals surface area contributed by atoms with Crippen LogP contribution in [0, 0.1) is 0 Å². The highest BCUT2D eigenvalue weighted by Crippen LogP contribution is 2.16. The molecule has 0 bridgehead atoms. The van der Waals surface area contributed by atoms with Gasteiger partial charge < -0.3 is 4.74 Å². The van der Waals surface area contributed by atoms with E-state index in [0.717, 1.165) is 28.2 Å². The number of sulfonamides is 1. The lowest BCUT2D eigenvalue weighted by Gasteiger charge is -2.08. The second kappa shape index (κ2) is 7.96. The summed E-state index contributed by atoms with van der Waals surface area (Å²) >= 11 is 1.14. The number of ether oxygens (including phenoxy) is 1. The van der Waals surface area contributed by atoms with Crippen molar-refractivity contribution in [1.82, 2.24) is 4.83 Å². The summed E-state index contributed by atoms with van der Waals surface area (Å²) in [6.07, 6.45) is 1.48. The van der Waals surface area contributed by atoms with Gasteiger partial charge in [-0.15, -0.1) is 11.3 Å². The third kappa shape index (κ3) is 4.68. The fraction of sp³-hybridized carbons (Fsp3) is 0.0556. The second-order valence-electron chi connectivity index (χ2n) is 5.09. The Morgan fingerprint density at radius 2 is 1.76 bits per heavy atom. The Bertz CT molecular complexity index is 937. The molecule has 1 aromatic heterocycles. The first-order valence-electron chi connectivity index (χ1n) is 7.49. The van der Waals surface area contributed by atoms with E-state index in [2.05, 4.69) is 9.93 Å². The molecule has 5 nitrogen and oxygen atoms in total. The van der Waals surface area contributed by atoms with Crippen LogP contribution < -0.4 is 9.57 Å². The maximum absolute atomic E-state index is 12.0. The first-order chi connectivity index (χ1) is 12.1. The molecule has 2 aromatic carbocycles. The molecule has 0 spiro atoms. The molecule has 0 aliphatic heterocycles. The number of hydrazone groups is 1. The van der Waals surface area contributed by atoms with Crippen molar-refractivity contribution in [3.63, 3.8) is 0 Å². The summed E-state index contributed by atoms with van der Waals surface area (Å²) in [5.74, 6) is 0.771. The predicted octanol–water partition coefficient (Wildman–Crippen LogP) is 3.64. The van der Waals surface area contributed by atoms with Gasteiger partial charge in [-0.1, -0.05) is 48.5 Å². The summed E-state index contributed by atoms with van der Waals surface area (Å²) < 4.78 is 30.0. The zero-order valence-corrected chi connectivity index (χ0v) is 14.8. The molecular weight excluding hydrogens is 356 g/mol. The number of nitrogens with zero attached hydrogens (tertiary/aromatic N) is 1. The molecule has 1 N–H and O–H groups in total. The van der Waals surface area contributed by atoms with Crippen molar-refractivity contribution in [3.05, 3.63) is 83.2 Å². The summed E-state index contributed by atoms with van der Waals surface area (Å²) in [7, 11) is -3.62. The number of rotatable bonds is 7. The van der Waals surface area contributed by atoms with Crippen LogP contribution in [0.25, 0.3) is 0 Å². The van der Waals surface area contributed by atoms with Gasteiger partial charge in [-0.3, -0.25) is 0 Å². The van der Waals surface area contributed by atoms with Crippen LogP contribution in [0.1, 0.15) is 11.1 Å². The normalized spacial score (nSPS) is 11.5. The van der Waals surface area contributed by atoms with Crippen molar-refractivity contribution < 1.29 is 13.2 Å². The minimum absolute atomic E-state index is 0.227. The zero-order valence-electron chi connectivity index (χ0n) is 13.2. The Hall–Kier alpha value is -2.64. The lowest BCUT2D eigenvalue weighted by molar-refractivity contribution is 0.306. The number of para-hydroxylation sites is 1. The molecule has 0 atom stereocenters. The molecule has 3 aromatic rings. The minimum Gasteiger partial charge on any atom is -0.489 e. The molecule has 3 rings (SSSR count). The predicted molar refractivity (Wildman–Crippen MR) is 99.5 cm³/mol. The van der Waals surface area contributed by atoms with E-state index in [4.69, 9.17) is 4.74 Å². The number of hydrogen-bond acceptors (Lipinski definition) is 5. The molecule has 0 radical (unpaired) electrons. The van der Waals surface area contributed by atoms with Gasteiger partial charge in [-0.05, 0) is 29.1 Å². The smallest absolute Gasteiger partial charge is 0.286 e. The third-order valence-electron chi connectivity index (χ3n) is 3.33. The van der Waals surface area contributed by atoms with Crippen LogP contribution in [0.3, 0.4) is 0 Å². The molecular formula is C18H16N2O3S2. The SMILES string of the molecule is O=S(=O)(N/N=C/c1ccccc1COc1ccccc1)c1cccs1. The highest BCUT2D eigenvalue weighted by Gasteiger charge is 2.13. The van der Waals surface area contributed by atoms with Gasteiger partial charge in [0.05, 0.1) is 6.21 Å². The minimum atomic E-state index is -3.62. The molecule has 7 heteroatoms. The highest BCUT2D eigenvalue weighted by atomic mass is 32.2. The first kappa shape index (κ1) is 17.2. The number of thiophene rings is 1. The lowest BCUT2D eigenvalue weighted by atomic mass is 10.1. The Labute approximate surface area is 150 Å². The lowest BCUT2D eigenvalue weighted by Crippen LogP contribution is -2.17. The van der Waals surface area contributed by atoms with Gasteiger partial charge in [0.25, 0.3) is 10.0 Å². The van der Waals surface area contributed by atoms with Gasteiger partial charge in [0.15, 0.2) is 0 Å². The standard InChI is InChI=1S/C18H16N2O3S2/c21-25(22,18-11-6-12-24-18)20-19-13-15-7-4-5-8-16(15)14-23-17-9-2-1-3-10-17/h1-13,20H,14H2/b19-13+. The summed E-state index contributed by atoms with van der Waals surface area (Å²) in [5, 5.41) is 5.58. The molecule has 0 fully saturated rings. The average molecular weight is 372 g/mol. The molecule has 0 saturated carbocycles. The van der Waals surface area contributed by atoms with E-state index < -0.39 is 10.0 Å². The van der Waals surface area contributed by atoms with Gasteiger partial charge in [-0.25, -0.2) is 0 Å². The molecule has 0 amide bonds. The average Bonchev–Trinajstić information content (AvgIpc) is 3.17. The Kier molecular flexibility index (Phi) is 5.47. The topological polar surface area (TPSA) is 67.8 Å². The highest BCUT2D eigenvalue weighted by molar-refractivity contribution is 7.91. The van der Waals surface area contributed by atoms with Crippen LogP contribution in [0.15, 0.2) is 81.4 Å². The first-order valence-corrected chi connectivity index (χ1v) is 9.85. The Morgan fingerprint density at radius 3 is 2.52 bits per heavy atom. The van der Waals surface area contributed by atoms with Crippen molar-refractivity contribution in [1.29, 1.82) is 0 Å². The second-order valence-corrected chi connectivity index (χ2v) is 7.92. The van der Waals surface area contributed by atoms with E-state index in [1.807, 2.05) is 54.6 Å². The summed E-state index contributed by atoms with van der Waals surface area (Å²) in [5.41, 5.74) is 1.69. The molecule has 1 heterocycles. The monoisotopic (exact) mass is 372 g/mol. The third-order valence-corrected chi connectivity index (χ3v) is 5.95. The maximum Gasteiger partial charge on any atom is 0.286 e. The Morgan fingerprint density at radius 1 is 1.00 bits per heavy atom. The van der Waals surface area contributed by atoms with E-state index in [1.165, 1.54) is 12.3 Å². The van der Waals surface area contributed by atoms with Crippen molar-refractivity contribution in [3.8, 4) is 5.75 Å². The van der Waals surface area contributed by atoms with Crippen LogP contribution in [-0.4, -0.2) is 14.6 Å².